The standard InChI is InChI=1S/C8H15N3O3/c1-5(7(9)12)11-8(13)6-4-14-3-2-10-6/h5-6,10H,2-4H2,1H3,(H2,9,12)(H,11,13)/t5?,6-/m1/s1. The van der Waals surface area contributed by atoms with Gasteiger partial charge in [-0.15, -0.1) is 0 Å². The third kappa shape index (κ3) is 2.97. The second-order valence-electron chi connectivity index (χ2n) is 3.21. The van der Waals surface area contributed by atoms with Crippen molar-refractivity contribution >= 4 is 11.8 Å². The molecular formula is C8H15N3O3. The van der Waals surface area contributed by atoms with Crippen LogP contribution in [-0.4, -0.2) is 43.7 Å². The molecule has 1 aliphatic rings. The fourth-order valence-corrected chi connectivity index (χ4v) is 1.12. The van der Waals surface area contributed by atoms with E-state index in [4.69, 9.17) is 10.5 Å². The number of nitrogens with two attached hydrogens (primary N) is 1. The highest BCUT2D eigenvalue weighted by Gasteiger charge is 2.23. The lowest BCUT2D eigenvalue weighted by molar-refractivity contribution is -0.130. The van der Waals surface area contributed by atoms with Crippen molar-refractivity contribution in [3.05, 3.63) is 0 Å². The summed E-state index contributed by atoms with van der Waals surface area (Å²) in [5, 5.41) is 5.47. The number of hydrogen-bond acceptors (Lipinski definition) is 4. The first-order valence-electron chi connectivity index (χ1n) is 4.52. The lowest BCUT2D eigenvalue weighted by atomic mass is 10.2. The molecule has 0 saturated carbocycles. The van der Waals surface area contributed by atoms with E-state index in [2.05, 4.69) is 10.6 Å². The molecule has 0 radical (unpaired) electrons. The maximum absolute atomic E-state index is 11.5. The van der Waals surface area contributed by atoms with Gasteiger partial charge in [-0.05, 0) is 6.92 Å². The van der Waals surface area contributed by atoms with Gasteiger partial charge in [-0.25, -0.2) is 0 Å². The third-order valence-corrected chi connectivity index (χ3v) is 2.02. The van der Waals surface area contributed by atoms with Crippen molar-refractivity contribution in [3.8, 4) is 0 Å². The molecule has 1 heterocycles. The van der Waals surface area contributed by atoms with Gasteiger partial charge in [0, 0.05) is 6.54 Å². The molecule has 1 saturated heterocycles. The molecule has 0 spiro atoms. The van der Waals surface area contributed by atoms with Crippen LogP contribution in [0.25, 0.3) is 0 Å². The topological polar surface area (TPSA) is 93.4 Å². The summed E-state index contributed by atoms with van der Waals surface area (Å²) >= 11 is 0. The molecule has 0 aromatic heterocycles. The molecule has 1 aliphatic heterocycles. The second-order valence-corrected chi connectivity index (χ2v) is 3.21. The molecule has 0 bridgehead atoms. The quantitative estimate of drug-likeness (QED) is 0.490. The smallest absolute Gasteiger partial charge is 0.240 e. The maximum Gasteiger partial charge on any atom is 0.240 e. The molecule has 6 heteroatoms. The van der Waals surface area contributed by atoms with Gasteiger partial charge in [-0.2, -0.15) is 0 Å². The molecule has 80 valence electrons. The van der Waals surface area contributed by atoms with Crippen LogP contribution in [-0.2, 0) is 14.3 Å². The predicted molar refractivity (Wildman–Crippen MR) is 49.4 cm³/mol. The molecular weight excluding hydrogens is 186 g/mol. The lowest BCUT2D eigenvalue weighted by Gasteiger charge is -2.23. The highest BCUT2D eigenvalue weighted by atomic mass is 16.5. The Labute approximate surface area is 82.2 Å². The van der Waals surface area contributed by atoms with E-state index in [1.54, 1.807) is 6.92 Å². The van der Waals surface area contributed by atoms with E-state index in [1.807, 2.05) is 0 Å². The first-order chi connectivity index (χ1) is 6.61. The van der Waals surface area contributed by atoms with Crippen molar-refractivity contribution in [2.75, 3.05) is 19.8 Å². The maximum atomic E-state index is 11.5. The number of carbonyl (C=O) groups is 2. The molecule has 6 nitrogen and oxygen atoms in total. The van der Waals surface area contributed by atoms with Gasteiger partial charge in [-0.1, -0.05) is 0 Å². The number of morpholine rings is 1. The molecule has 0 aromatic carbocycles. The molecule has 0 aliphatic carbocycles. The Balaban J connectivity index is 2.36. The van der Waals surface area contributed by atoms with Crippen LogP contribution in [0.1, 0.15) is 6.92 Å². The molecule has 14 heavy (non-hydrogen) atoms. The van der Waals surface area contributed by atoms with Crippen LogP contribution >= 0.6 is 0 Å². The van der Waals surface area contributed by atoms with Gasteiger partial charge in [0.05, 0.1) is 13.2 Å². The van der Waals surface area contributed by atoms with Gasteiger partial charge >= 0.3 is 0 Å². The summed E-state index contributed by atoms with van der Waals surface area (Å²) in [6.07, 6.45) is 0. The number of carbonyl (C=O) groups excluding carboxylic acids is 2. The third-order valence-electron chi connectivity index (χ3n) is 2.02. The zero-order chi connectivity index (χ0) is 10.6. The number of rotatable bonds is 3. The minimum atomic E-state index is -0.647. The van der Waals surface area contributed by atoms with Crippen molar-refractivity contribution < 1.29 is 14.3 Å². The van der Waals surface area contributed by atoms with E-state index < -0.39 is 11.9 Å². The minimum absolute atomic E-state index is 0.254. The monoisotopic (exact) mass is 201 g/mol. The van der Waals surface area contributed by atoms with Gasteiger partial charge in [0.2, 0.25) is 11.8 Å². The summed E-state index contributed by atoms with van der Waals surface area (Å²) in [6.45, 7) is 3.12. The number of primary amides is 1. The van der Waals surface area contributed by atoms with Gasteiger partial charge in [-0.3, -0.25) is 9.59 Å². The SMILES string of the molecule is CC(NC(=O)[C@H]1COCCN1)C(N)=O. The van der Waals surface area contributed by atoms with Crippen LogP contribution in [0.3, 0.4) is 0 Å². The molecule has 2 amide bonds. The largest absolute Gasteiger partial charge is 0.378 e. The fourth-order valence-electron chi connectivity index (χ4n) is 1.12. The molecule has 4 N–H and O–H groups in total. The molecule has 1 fully saturated rings. The van der Waals surface area contributed by atoms with Crippen molar-refractivity contribution in [2.45, 2.75) is 19.0 Å². The Morgan fingerprint density at radius 1 is 1.64 bits per heavy atom. The van der Waals surface area contributed by atoms with Crippen molar-refractivity contribution in [3.63, 3.8) is 0 Å². The van der Waals surface area contributed by atoms with Gasteiger partial charge in [0.25, 0.3) is 0 Å². The highest BCUT2D eigenvalue weighted by molar-refractivity contribution is 5.88. The van der Waals surface area contributed by atoms with Crippen LogP contribution in [0.15, 0.2) is 0 Å². The number of ether oxygens (including phenoxy) is 1. The van der Waals surface area contributed by atoms with Crippen LogP contribution in [0.4, 0.5) is 0 Å². The lowest BCUT2D eigenvalue weighted by Crippen LogP contribution is -2.54. The zero-order valence-electron chi connectivity index (χ0n) is 8.08. The van der Waals surface area contributed by atoms with Crippen molar-refractivity contribution in [1.29, 1.82) is 0 Å². The average Bonchev–Trinajstić information content (AvgIpc) is 2.19. The summed E-state index contributed by atoms with van der Waals surface area (Å²) in [4.78, 5) is 22.1. The molecule has 1 unspecified atom stereocenters. The first-order valence-corrected chi connectivity index (χ1v) is 4.52. The summed E-state index contributed by atoms with van der Waals surface area (Å²) in [7, 11) is 0. The normalized spacial score (nSPS) is 23.9. The van der Waals surface area contributed by atoms with E-state index in [0.29, 0.717) is 19.8 Å². The van der Waals surface area contributed by atoms with E-state index in [0.717, 1.165) is 0 Å². The number of amides is 2. The Morgan fingerprint density at radius 3 is 2.86 bits per heavy atom. The minimum Gasteiger partial charge on any atom is -0.378 e. The molecule has 2 atom stereocenters. The highest BCUT2D eigenvalue weighted by Crippen LogP contribution is 1.93. The molecule has 1 rings (SSSR count). The predicted octanol–water partition coefficient (Wildman–Crippen LogP) is -2.04. The van der Waals surface area contributed by atoms with Gasteiger partial charge in [0.15, 0.2) is 0 Å². The van der Waals surface area contributed by atoms with Crippen LogP contribution in [0.2, 0.25) is 0 Å². The Hall–Kier alpha value is -1.14. The Kier molecular flexibility index (Phi) is 3.84. The van der Waals surface area contributed by atoms with E-state index in [-0.39, 0.29) is 11.9 Å². The van der Waals surface area contributed by atoms with Crippen molar-refractivity contribution in [1.82, 2.24) is 10.6 Å². The van der Waals surface area contributed by atoms with E-state index in [9.17, 15) is 9.59 Å². The summed E-state index contributed by atoms with van der Waals surface area (Å²) in [6, 6.07) is -1.03. The summed E-state index contributed by atoms with van der Waals surface area (Å²) < 4.78 is 5.11. The average molecular weight is 201 g/mol. The fraction of sp³-hybridized carbons (Fsp3) is 0.750. The van der Waals surface area contributed by atoms with Crippen LogP contribution in [0, 0.1) is 0 Å². The van der Waals surface area contributed by atoms with Crippen LogP contribution < -0.4 is 16.4 Å². The van der Waals surface area contributed by atoms with E-state index in [1.165, 1.54) is 0 Å². The van der Waals surface area contributed by atoms with Crippen LogP contribution in [0.5, 0.6) is 0 Å². The summed E-state index contributed by atoms with van der Waals surface area (Å²) in [5.41, 5.74) is 5.01. The van der Waals surface area contributed by atoms with Gasteiger partial charge < -0.3 is 21.1 Å². The summed E-state index contributed by atoms with van der Waals surface area (Å²) in [5.74, 6) is -0.800. The number of nitrogens with one attached hydrogen (secondary N) is 2. The Morgan fingerprint density at radius 2 is 2.36 bits per heavy atom. The first kappa shape index (κ1) is 10.9. The number of hydrogen-bond donors (Lipinski definition) is 3. The van der Waals surface area contributed by atoms with Crippen molar-refractivity contribution in [2.24, 2.45) is 5.73 Å². The molecule has 0 aromatic rings. The second kappa shape index (κ2) is 4.92. The van der Waals surface area contributed by atoms with E-state index >= 15 is 0 Å². The zero-order valence-corrected chi connectivity index (χ0v) is 8.08. The van der Waals surface area contributed by atoms with Gasteiger partial charge in [0.1, 0.15) is 12.1 Å². The Bertz CT molecular complexity index is 226.